The lowest BCUT2D eigenvalue weighted by Gasteiger charge is -2.06. The maximum Gasteiger partial charge on any atom is 0.331 e. The molecule has 124 valence electrons. The fraction of sp³-hybridized carbons (Fsp3) is 0.0588. The molecule has 1 amide bonds. The summed E-state index contributed by atoms with van der Waals surface area (Å²) in [6.45, 7) is -0.585. The lowest BCUT2D eigenvalue weighted by molar-refractivity contribution is -0.142. The molecule has 0 fully saturated rings. The predicted molar refractivity (Wildman–Crippen MR) is 86.4 cm³/mol. The Bertz CT molecular complexity index is 776. The Kier molecular flexibility index (Phi) is 6.03. The smallest absolute Gasteiger partial charge is 0.331 e. The minimum absolute atomic E-state index is 0.106. The number of halogens is 3. The largest absolute Gasteiger partial charge is 0.452 e. The maximum atomic E-state index is 13.4. The first-order valence-electron chi connectivity index (χ1n) is 6.79. The van der Waals surface area contributed by atoms with E-state index in [4.69, 9.17) is 16.3 Å². The van der Waals surface area contributed by atoms with Gasteiger partial charge in [0.05, 0.1) is 5.69 Å². The Balaban J connectivity index is 1.83. The SMILES string of the molecule is O=C(COC(=O)/C=C/c1ccc(F)cc1)Nc1cc(Cl)ccc1F. The normalized spacial score (nSPS) is 10.6. The van der Waals surface area contributed by atoms with Crippen molar-refractivity contribution in [2.24, 2.45) is 0 Å². The van der Waals surface area contributed by atoms with E-state index >= 15 is 0 Å². The molecule has 24 heavy (non-hydrogen) atoms. The van der Waals surface area contributed by atoms with Crippen molar-refractivity contribution < 1.29 is 23.1 Å². The van der Waals surface area contributed by atoms with Crippen molar-refractivity contribution >= 4 is 35.2 Å². The van der Waals surface area contributed by atoms with Crippen LogP contribution in [0.15, 0.2) is 48.5 Å². The van der Waals surface area contributed by atoms with Gasteiger partial charge < -0.3 is 10.1 Å². The number of carbonyl (C=O) groups excluding carboxylic acids is 2. The summed E-state index contributed by atoms with van der Waals surface area (Å²) in [7, 11) is 0. The average molecular weight is 352 g/mol. The molecule has 2 aromatic rings. The highest BCUT2D eigenvalue weighted by Crippen LogP contribution is 2.19. The number of benzene rings is 2. The molecule has 7 heteroatoms. The van der Waals surface area contributed by atoms with Gasteiger partial charge in [-0.3, -0.25) is 4.79 Å². The van der Waals surface area contributed by atoms with Crippen molar-refractivity contribution in [3.8, 4) is 0 Å². The quantitative estimate of drug-likeness (QED) is 0.658. The van der Waals surface area contributed by atoms with Crippen LogP contribution in [0.4, 0.5) is 14.5 Å². The maximum absolute atomic E-state index is 13.4. The van der Waals surface area contributed by atoms with Crippen molar-refractivity contribution in [3.63, 3.8) is 0 Å². The second-order valence-electron chi connectivity index (χ2n) is 4.66. The van der Waals surface area contributed by atoms with Gasteiger partial charge in [-0.2, -0.15) is 0 Å². The summed E-state index contributed by atoms with van der Waals surface area (Å²) in [6.07, 6.45) is 2.51. The van der Waals surface area contributed by atoms with Crippen molar-refractivity contribution in [1.82, 2.24) is 0 Å². The molecule has 0 heterocycles. The van der Waals surface area contributed by atoms with Gasteiger partial charge in [-0.1, -0.05) is 23.7 Å². The van der Waals surface area contributed by atoms with Gasteiger partial charge in [0.25, 0.3) is 5.91 Å². The van der Waals surface area contributed by atoms with Crippen LogP contribution >= 0.6 is 11.6 Å². The highest BCUT2D eigenvalue weighted by atomic mass is 35.5. The van der Waals surface area contributed by atoms with E-state index in [-0.39, 0.29) is 16.5 Å². The van der Waals surface area contributed by atoms with Crippen LogP contribution in [0.2, 0.25) is 5.02 Å². The molecule has 0 aliphatic rings. The number of rotatable bonds is 5. The van der Waals surface area contributed by atoms with Crippen molar-refractivity contribution in [3.05, 3.63) is 70.8 Å². The van der Waals surface area contributed by atoms with Gasteiger partial charge in [-0.25, -0.2) is 13.6 Å². The predicted octanol–water partition coefficient (Wildman–Crippen LogP) is 3.81. The average Bonchev–Trinajstić information content (AvgIpc) is 2.56. The topological polar surface area (TPSA) is 55.4 Å². The first-order chi connectivity index (χ1) is 11.4. The first kappa shape index (κ1) is 17.6. The van der Waals surface area contributed by atoms with Gasteiger partial charge in [-0.15, -0.1) is 0 Å². The molecule has 0 aliphatic heterocycles. The second-order valence-corrected chi connectivity index (χ2v) is 5.10. The monoisotopic (exact) mass is 351 g/mol. The first-order valence-corrected chi connectivity index (χ1v) is 7.17. The summed E-state index contributed by atoms with van der Waals surface area (Å²) >= 11 is 5.70. The minimum Gasteiger partial charge on any atom is -0.452 e. The van der Waals surface area contributed by atoms with Crippen LogP contribution in [0.3, 0.4) is 0 Å². The van der Waals surface area contributed by atoms with Gasteiger partial charge in [0, 0.05) is 11.1 Å². The zero-order chi connectivity index (χ0) is 17.5. The van der Waals surface area contributed by atoms with E-state index in [9.17, 15) is 18.4 Å². The zero-order valence-corrected chi connectivity index (χ0v) is 13.0. The summed E-state index contributed by atoms with van der Waals surface area (Å²) in [5, 5.41) is 2.50. The highest BCUT2D eigenvalue weighted by Gasteiger charge is 2.09. The van der Waals surface area contributed by atoms with E-state index < -0.39 is 24.3 Å². The molecule has 0 aromatic heterocycles. The lowest BCUT2D eigenvalue weighted by Crippen LogP contribution is -2.20. The van der Waals surface area contributed by atoms with Gasteiger partial charge in [0.15, 0.2) is 6.61 Å². The van der Waals surface area contributed by atoms with Crippen LogP contribution in [0.25, 0.3) is 6.08 Å². The highest BCUT2D eigenvalue weighted by molar-refractivity contribution is 6.30. The molecule has 0 aliphatic carbocycles. The van der Waals surface area contributed by atoms with Gasteiger partial charge in [0.1, 0.15) is 11.6 Å². The van der Waals surface area contributed by atoms with E-state index in [0.717, 1.165) is 12.1 Å². The Morgan fingerprint density at radius 2 is 1.83 bits per heavy atom. The molecule has 2 rings (SSSR count). The van der Waals surface area contributed by atoms with E-state index in [1.807, 2.05) is 0 Å². The molecule has 0 atom stereocenters. The Labute approximate surface area is 141 Å². The molecule has 0 saturated heterocycles. The Hall–Kier alpha value is -2.73. The molecule has 0 unspecified atom stereocenters. The molecule has 0 bridgehead atoms. The molecule has 1 N–H and O–H groups in total. The molecule has 0 saturated carbocycles. The summed E-state index contributed by atoms with van der Waals surface area (Å²) in [5.41, 5.74) is 0.490. The Morgan fingerprint density at radius 1 is 1.12 bits per heavy atom. The van der Waals surface area contributed by atoms with Gasteiger partial charge in [0.2, 0.25) is 0 Å². The number of hydrogen-bond acceptors (Lipinski definition) is 3. The van der Waals surface area contributed by atoms with E-state index in [0.29, 0.717) is 5.56 Å². The number of amides is 1. The molecule has 0 radical (unpaired) electrons. The molecule has 4 nitrogen and oxygen atoms in total. The Morgan fingerprint density at radius 3 is 2.54 bits per heavy atom. The number of nitrogens with one attached hydrogen (secondary N) is 1. The summed E-state index contributed by atoms with van der Waals surface area (Å²) in [5.74, 6) is -2.52. The standard InChI is InChI=1S/C17H12ClF2NO3/c18-12-4-7-14(20)15(9-12)21-16(22)10-24-17(23)8-3-11-1-5-13(19)6-2-11/h1-9H,10H2,(H,21,22)/b8-3+. The molecular formula is C17H12ClF2NO3. The third-order valence-electron chi connectivity index (χ3n) is 2.83. The second kappa shape index (κ2) is 8.21. The van der Waals surface area contributed by atoms with Crippen molar-refractivity contribution in [2.75, 3.05) is 11.9 Å². The number of carbonyl (C=O) groups is 2. The fourth-order valence-corrected chi connectivity index (χ4v) is 1.87. The summed E-state index contributed by atoms with van der Waals surface area (Å²) < 4.78 is 30.9. The van der Waals surface area contributed by atoms with E-state index in [1.54, 1.807) is 0 Å². The van der Waals surface area contributed by atoms with Crippen LogP contribution < -0.4 is 5.32 Å². The van der Waals surface area contributed by atoms with Crippen LogP contribution in [0.1, 0.15) is 5.56 Å². The lowest BCUT2D eigenvalue weighted by atomic mass is 10.2. The number of esters is 1. The number of ether oxygens (including phenoxy) is 1. The van der Waals surface area contributed by atoms with Gasteiger partial charge in [-0.05, 0) is 42.0 Å². The van der Waals surface area contributed by atoms with E-state index in [2.05, 4.69) is 5.32 Å². The molecule has 0 spiro atoms. The number of anilines is 1. The number of hydrogen-bond donors (Lipinski definition) is 1. The van der Waals surface area contributed by atoms with Crippen LogP contribution in [0.5, 0.6) is 0 Å². The minimum atomic E-state index is -0.763. The van der Waals surface area contributed by atoms with Gasteiger partial charge >= 0.3 is 5.97 Å². The zero-order valence-electron chi connectivity index (χ0n) is 12.3. The van der Waals surface area contributed by atoms with Crippen LogP contribution in [0, 0.1) is 11.6 Å². The third-order valence-corrected chi connectivity index (χ3v) is 3.06. The van der Waals surface area contributed by atoms with E-state index in [1.165, 1.54) is 42.5 Å². The molecule has 2 aromatic carbocycles. The molecular weight excluding hydrogens is 340 g/mol. The fourth-order valence-electron chi connectivity index (χ4n) is 1.70. The summed E-state index contributed by atoms with van der Waals surface area (Å²) in [6, 6.07) is 9.14. The van der Waals surface area contributed by atoms with Crippen LogP contribution in [-0.4, -0.2) is 18.5 Å². The van der Waals surface area contributed by atoms with Crippen molar-refractivity contribution in [1.29, 1.82) is 0 Å². The summed E-state index contributed by atoms with van der Waals surface area (Å²) in [4.78, 5) is 23.1. The third kappa shape index (κ3) is 5.48. The van der Waals surface area contributed by atoms with Crippen molar-refractivity contribution in [2.45, 2.75) is 0 Å². The van der Waals surface area contributed by atoms with Crippen LogP contribution in [-0.2, 0) is 14.3 Å².